The number of furan rings is 1. The van der Waals surface area contributed by atoms with E-state index >= 15 is 0 Å². The number of aromatic carboxylic acids is 1. The topological polar surface area (TPSA) is 67.5 Å². The summed E-state index contributed by atoms with van der Waals surface area (Å²) < 4.78 is 4.92. The SMILES string of the molecule is Cc1csc(C(=O)c2ccc(C(=O)O)o2)c1Cl. The van der Waals surface area contributed by atoms with Gasteiger partial charge in [-0.15, -0.1) is 11.3 Å². The van der Waals surface area contributed by atoms with Crippen LogP contribution in [0.25, 0.3) is 0 Å². The third-order valence-corrected chi connectivity index (χ3v) is 3.84. The number of hydrogen-bond acceptors (Lipinski definition) is 4. The van der Waals surface area contributed by atoms with Gasteiger partial charge in [0.2, 0.25) is 11.5 Å². The van der Waals surface area contributed by atoms with Gasteiger partial charge < -0.3 is 9.52 Å². The van der Waals surface area contributed by atoms with Gasteiger partial charge in [0.25, 0.3) is 0 Å². The van der Waals surface area contributed by atoms with Crippen LogP contribution in [-0.2, 0) is 0 Å². The Hall–Kier alpha value is -1.59. The molecular formula is C11H7ClO4S. The van der Waals surface area contributed by atoms with Crippen molar-refractivity contribution >= 4 is 34.7 Å². The highest BCUT2D eigenvalue weighted by atomic mass is 35.5. The Morgan fingerprint density at radius 2 is 2.00 bits per heavy atom. The molecule has 2 rings (SSSR count). The van der Waals surface area contributed by atoms with E-state index in [1.165, 1.54) is 23.5 Å². The van der Waals surface area contributed by atoms with Crippen molar-refractivity contribution < 1.29 is 19.1 Å². The largest absolute Gasteiger partial charge is 0.475 e. The van der Waals surface area contributed by atoms with Crippen molar-refractivity contribution in [3.8, 4) is 0 Å². The number of carboxylic acid groups (broad SMARTS) is 1. The lowest BCUT2D eigenvalue weighted by Gasteiger charge is -1.94. The Morgan fingerprint density at radius 3 is 2.47 bits per heavy atom. The van der Waals surface area contributed by atoms with Crippen LogP contribution < -0.4 is 0 Å². The number of halogens is 1. The minimum Gasteiger partial charge on any atom is -0.475 e. The highest BCUT2D eigenvalue weighted by Crippen LogP contribution is 2.29. The van der Waals surface area contributed by atoms with Crippen molar-refractivity contribution in [1.82, 2.24) is 0 Å². The van der Waals surface area contributed by atoms with E-state index in [1.807, 2.05) is 0 Å². The lowest BCUT2D eigenvalue weighted by molar-refractivity contribution is 0.0660. The van der Waals surface area contributed by atoms with Crippen LogP contribution in [0.5, 0.6) is 0 Å². The summed E-state index contributed by atoms with van der Waals surface area (Å²) in [5.74, 6) is -1.90. The van der Waals surface area contributed by atoms with Gasteiger partial charge in [-0.1, -0.05) is 11.6 Å². The van der Waals surface area contributed by atoms with Crippen molar-refractivity contribution in [3.05, 3.63) is 44.5 Å². The molecule has 2 aromatic heterocycles. The summed E-state index contributed by atoms with van der Waals surface area (Å²) in [6, 6.07) is 2.57. The van der Waals surface area contributed by atoms with Crippen LogP contribution >= 0.6 is 22.9 Å². The molecule has 0 saturated carbocycles. The Kier molecular flexibility index (Phi) is 3.04. The molecule has 1 N–H and O–H groups in total. The minimum absolute atomic E-state index is 0.0221. The fourth-order valence-corrected chi connectivity index (χ4v) is 2.49. The summed E-state index contributed by atoms with van der Waals surface area (Å²) in [6.07, 6.45) is 0. The standard InChI is InChI=1S/C11H7ClO4S/c1-5-4-17-10(8(5)12)9(13)6-2-3-7(16-6)11(14)15/h2-4H,1H3,(H,14,15). The van der Waals surface area contributed by atoms with E-state index in [9.17, 15) is 9.59 Å². The maximum absolute atomic E-state index is 12.0. The Morgan fingerprint density at radius 1 is 1.35 bits per heavy atom. The lowest BCUT2D eigenvalue weighted by atomic mass is 10.2. The molecular weight excluding hydrogens is 264 g/mol. The average Bonchev–Trinajstić information content (AvgIpc) is 2.87. The average molecular weight is 271 g/mol. The first kappa shape index (κ1) is 11.9. The van der Waals surface area contributed by atoms with Crippen LogP contribution in [0.3, 0.4) is 0 Å². The Bertz CT molecular complexity index is 596. The minimum atomic E-state index is -1.21. The molecule has 0 unspecified atom stereocenters. The maximum Gasteiger partial charge on any atom is 0.371 e. The number of ketones is 1. The zero-order valence-corrected chi connectivity index (χ0v) is 10.3. The molecule has 2 aromatic rings. The summed E-state index contributed by atoms with van der Waals surface area (Å²) in [4.78, 5) is 22.9. The van der Waals surface area contributed by atoms with Gasteiger partial charge in [-0.25, -0.2) is 4.79 Å². The van der Waals surface area contributed by atoms with Crippen LogP contribution in [0.15, 0.2) is 21.9 Å². The van der Waals surface area contributed by atoms with E-state index in [4.69, 9.17) is 21.1 Å². The third-order valence-electron chi connectivity index (χ3n) is 2.15. The molecule has 0 aromatic carbocycles. The predicted molar refractivity (Wildman–Crippen MR) is 63.2 cm³/mol. The number of carbonyl (C=O) groups is 2. The van der Waals surface area contributed by atoms with Crippen molar-refractivity contribution in [2.24, 2.45) is 0 Å². The van der Waals surface area contributed by atoms with Crippen LogP contribution in [0.4, 0.5) is 0 Å². The second-order valence-electron chi connectivity index (χ2n) is 3.36. The molecule has 2 heterocycles. The first-order chi connectivity index (χ1) is 8.00. The highest BCUT2D eigenvalue weighted by molar-refractivity contribution is 7.13. The monoisotopic (exact) mass is 270 g/mol. The molecule has 0 aliphatic heterocycles. The molecule has 0 saturated heterocycles. The zero-order valence-electron chi connectivity index (χ0n) is 8.69. The molecule has 0 spiro atoms. The molecule has 0 aliphatic carbocycles. The summed E-state index contributed by atoms with van der Waals surface area (Å²) in [7, 11) is 0. The summed E-state index contributed by atoms with van der Waals surface area (Å²) in [5.41, 5.74) is 0.810. The van der Waals surface area contributed by atoms with Gasteiger partial charge in [-0.05, 0) is 30.0 Å². The van der Waals surface area contributed by atoms with Gasteiger partial charge in [0.1, 0.15) is 0 Å². The zero-order chi connectivity index (χ0) is 12.6. The fourth-order valence-electron chi connectivity index (χ4n) is 1.27. The number of carbonyl (C=O) groups excluding carboxylic acids is 1. The highest BCUT2D eigenvalue weighted by Gasteiger charge is 2.21. The fraction of sp³-hybridized carbons (Fsp3) is 0.0909. The van der Waals surface area contributed by atoms with Crippen molar-refractivity contribution in [2.75, 3.05) is 0 Å². The third kappa shape index (κ3) is 2.11. The molecule has 0 bridgehead atoms. The summed E-state index contributed by atoms with van der Waals surface area (Å²) >= 11 is 7.16. The van der Waals surface area contributed by atoms with Crippen molar-refractivity contribution in [2.45, 2.75) is 6.92 Å². The second-order valence-corrected chi connectivity index (χ2v) is 4.62. The molecule has 0 aliphatic rings. The first-order valence-electron chi connectivity index (χ1n) is 4.62. The van der Waals surface area contributed by atoms with E-state index in [0.29, 0.717) is 9.90 Å². The van der Waals surface area contributed by atoms with E-state index in [-0.39, 0.29) is 11.5 Å². The second kappa shape index (κ2) is 4.35. The number of thiophene rings is 1. The molecule has 4 nitrogen and oxygen atoms in total. The number of hydrogen-bond donors (Lipinski definition) is 1. The quantitative estimate of drug-likeness (QED) is 0.870. The van der Waals surface area contributed by atoms with Crippen molar-refractivity contribution in [3.63, 3.8) is 0 Å². The van der Waals surface area contributed by atoms with Crippen LogP contribution in [-0.4, -0.2) is 16.9 Å². The molecule has 0 amide bonds. The maximum atomic E-state index is 12.0. The molecule has 88 valence electrons. The van der Waals surface area contributed by atoms with Gasteiger partial charge in [-0.3, -0.25) is 4.79 Å². The molecule has 0 fully saturated rings. The molecule has 0 radical (unpaired) electrons. The number of aryl methyl sites for hydroxylation is 1. The van der Waals surface area contributed by atoms with E-state index in [0.717, 1.165) is 5.56 Å². The van der Waals surface area contributed by atoms with Gasteiger partial charge in [0.15, 0.2) is 5.76 Å². The normalized spacial score (nSPS) is 10.5. The summed E-state index contributed by atoms with van der Waals surface area (Å²) in [5, 5.41) is 10.8. The van der Waals surface area contributed by atoms with Crippen LogP contribution in [0.2, 0.25) is 5.02 Å². The Balaban J connectivity index is 2.37. The first-order valence-corrected chi connectivity index (χ1v) is 5.88. The Labute approximate surface area is 105 Å². The van der Waals surface area contributed by atoms with Crippen LogP contribution in [0, 0.1) is 6.92 Å². The smallest absolute Gasteiger partial charge is 0.371 e. The molecule has 0 atom stereocenters. The van der Waals surface area contributed by atoms with E-state index < -0.39 is 11.8 Å². The van der Waals surface area contributed by atoms with Crippen LogP contribution in [0.1, 0.15) is 31.6 Å². The lowest BCUT2D eigenvalue weighted by Crippen LogP contribution is -1.98. The molecule has 6 heteroatoms. The predicted octanol–water partition coefficient (Wildman–Crippen LogP) is 3.23. The number of rotatable bonds is 3. The van der Waals surface area contributed by atoms with Gasteiger partial charge in [0.05, 0.1) is 9.90 Å². The molecule has 17 heavy (non-hydrogen) atoms. The van der Waals surface area contributed by atoms with Gasteiger partial charge >= 0.3 is 5.97 Å². The van der Waals surface area contributed by atoms with Gasteiger partial charge in [-0.2, -0.15) is 0 Å². The van der Waals surface area contributed by atoms with E-state index in [1.54, 1.807) is 12.3 Å². The summed E-state index contributed by atoms with van der Waals surface area (Å²) in [6.45, 7) is 1.79. The number of carboxylic acids is 1. The van der Waals surface area contributed by atoms with E-state index in [2.05, 4.69) is 0 Å². The van der Waals surface area contributed by atoms with Crippen molar-refractivity contribution in [1.29, 1.82) is 0 Å². The van der Waals surface area contributed by atoms with Gasteiger partial charge in [0, 0.05) is 0 Å².